The van der Waals surface area contributed by atoms with Crippen LogP contribution in [0.2, 0.25) is 0 Å². The van der Waals surface area contributed by atoms with Crippen molar-refractivity contribution in [3.8, 4) is 23.0 Å². The molecule has 0 aliphatic rings. The van der Waals surface area contributed by atoms with Crippen LogP contribution in [0, 0.1) is 0 Å². The number of aromatic nitrogens is 2. The molecule has 0 spiro atoms. The Balaban J connectivity index is 1.50. The number of nitrogens with zero attached hydrogens (tertiary/aromatic N) is 2. The molecule has 144 valence electrons. The molecule has 27 heavy (non-hydrogen) atoms. The number of hydrogen-bond acceptors (Lipinski definition) is 9. The lowest BCUT2D eigenvalue weighted by atomic mass is 10.2. The maximum absolute atomic E-state index is 10.0. The van der Waals surface area contributed by atoms with E-state index in [0.29, 0.717) is 35.0 Å². The summed E-state index contributed by atoms with van der Waals surface area (Å²) in [5.74, 6) is 1.99. The molecule has 0 unspecified atom stereocenters. The van der Waals surface area contributed by atoms with Gasteiger partial charge in [-0.15, -0.1) is 21.5 Å². The minimum absolute atomic E-state index is 0.252. The Labute approximate surface area is 165 Å². The first-order valence-electron chi connectivity index (χ1n) is 8.16. The number of thiophene rings is 1. The summed E-state index contributed by atoms with van der Waals surface area (Å²) in [5, 5.41) is 20.5. The molecule has 3 rings (SSSR count). The van der Waals surface area contributed by atoms with Crippen molar-refractivity contribution in [1.82, 2.24) is 10.2 Å². The summed E-state index contributed by atoms with van der Waals surface area (Å²) < 4.78 is 21.7. The summed E-state index contributed by atoms with van der Waals surface area (Å²) in [7, 11) is 3.15. The Morgan fingerprint density at radius 2 is 2.04 bits per heavy atom. The van der Waals surface area contributed by atoms with Gasteiger partial charge in [-0.3, -0.25) is 0 Å². The summed E-state index contributed by atoms with van der Waals surface area (Å²) in [5.41, 5.74) is 0.729. The average molecular weight is 409 g/mol. The van der Waals surface area contributed by atoms with Crippen molar-refractivity contribution in [2.45, 2.75) is 17.9 Å². The van der Waals surface area contributed by atoms with Crippen LogP contribution in [0.4, 0.5) is 0 Å². The second-order valence-corrected chi connectivity index (χ2v) is 7.51. The van der Waals surface area contributed by atoms with Crippen LogP contribution in [0.15, 0.2) is 45.4 Å². The lowest BCUT2D eigenvalue weighted by Crippen LogP contribution is -2.17. The van der Waals surface area contributed by atoms with Gasteiger partial charge < -0.3 is 23.7 Å². The molecule has 0 aliphatic heterocycles. The average Bonchev–Trinajstić information content (AvgIpc) is 3.38. The Bertz CT molecular complexity index is 838. The van der Waals surface area contributed by atoms with Gasteiger partial charge in [0.1, 0.15) is 0 Å². The van der Waals surface area contributed by atoms with Crippen molar-refractivity contribution in [2.75, 3.05) is 26.6 Å². The highest BCUT2D eigenvalue weighted by molar-refractivity contribution is 7.99. The first-order valence-corrected chi connectivity index (χ1v) is 10.0. The molecule has 0 amide bonds. The first-order chi connectivity index (χ1) is 13.2. The molecule has 0 aliphatic carbocycles. The lowest BCUT2D eigenvalue weighted by molar-refractivity contribution is 0.0408. The second-order valence-electron chi connectivity index (χ2n) is 5.50. The quantitative estimate of drug-likeness (QED) is 0.510. The summed E-state index contributed by atoms with van der Waals surface area (Å²) in [6, 6.07) is 9.34. The van der Waals surface area contributed by atoms with Crippen LogP contribution in [0.1, 0.15) is 4.88 Å². The molecule has 2 heterocycles. The van der Waals surface area contributed by atoms with E-state index < -0.39 is 6.10 Å². The van der Waals surface area contributed by atoms with E-state index in [1.165, 1.54) is 11.8 Å². The number of ether oxygens (including phenoxy) is 3. The summed E-state index contributed by atoms with van der Waals surface area (Å²) >= 11 is 2.91. The van der Waals surface area contributed by atoms with Crippen molar-refractivity contribution >= 4 is 23.1 Å². The highest BCUT2D eigenvalue weighted by Gasteiger charge is 2.14. The van der Waals surface area contributed by atoms with E-state index in [2.05, 4.69) is 10.2 Å². The third-order valence-corrected chi connectivity index (χ3v) is 5.38. The highest BCUT2D eigenvalue weighted by atomic mass is 32.2. The van der Waals surface area contributed by atoms with Gasteiger partial charge in [-0.2, -0.15) is 0 Å². The molecule has 0 fully saturated rings. The van der Waals surface area contributed by atoms with Crippen molar-refractivity contribution in [2.24, 2.45) is 0 Å². The molecule has 1 atom stereocenters. The number of benzene rings is 1. The fraction of sp³-hybridized carbons (Fsp3) is 0.333. The number of rotatable bonds is 10. The van der Waals surface area contributed by atoms with E-state index in [4.69, 9.17) is 18.6 Å². The van der Waals surface area contributed by atoms with E-state index in [9.17, 15) is 5.11 Å². The zero-order valence-corrected chi connectivity index (χ0v) is 16.6. The Morgan fingerprint density at radius 3 is 2.78 bits per heavy atom. The van der Waals surface area contributed by atoms with E-state index in [0.717, 1.165) is 10.4 Å². The third kappa shape index (κ3) is 5.46. The molecule has 1 aromatic carbocycles. The maximum atomic E-state index is 10.0. The van der Waals surface area contributed by atoms with Crippen LogP contribution in [-0.4, -0.2) is 48.0 Å². The highest BCUT2D eigenvalue weighted by Crippen LogP contribution is 2.32. The molecular formula is C18H20N2O5S2. The lowest BCUT2D eigenvalue weighted by Gasteiger charge is -2.09. The van der Waals surface area contributed by atoms with Gasteiger partial charge in [0, 0.05) is 16.2 Å². The summed E-state index contributed by atoms with van der Waals surface area (Å²) in [6.07, 6.45) is -0.619. The smallest absolute Gasteiger partial charge is 0.276 e. The van der Waals surface area contributed by atoms with Crippen LogP contribution in [0.3, 0.4) is 0 Å². The number of aliphatic hydroxyl groups excluding tert-OH is 1. The molecule has 1 N–H and O–H groups in total. The summed E-state index contributed by atoms with van der Waals surface area (Å²) in [6.45, 7) is 0.755. The predicted octanol–water partition coefficient (Wildman–Crippen LogP) is 3.49. The maximum Gasteiger partial charge on any atom is 0.276 e. The van der Waals surface area contributed by atoms with Gasteiger partial charge in [-0.25, -0.2) is 0 Å². The van der Waals surface area contributed by atoms with E-state index >= 15 is 0 Å². The molecular weight excluding hydrogens is 388 g/mol. The van der Waals surface area contributed by atoms with Crippen LogP contribution in [0.25, 0.3) is 11.5 Å². The zero-order valence-electron chi connectivity index (χ0n) is 15.0. The summed E-state index contributed by atoms with van der Waals surface area (Å²) in [4.78, 5) is 1.13. The standard InChI is InChI=1S/C18H20N2O5S2/c1-22-15-6-5-12(8-16(15)23-2)17-19-20-18(25-17)27-11-13(21)9-24-10-14-4-3-7-26-14/h3-8,13,21H,9-11H2,1-2H3/t13-/m0/s1. The Hall–Kier alpha value is -2.07. The zero-order chi connectivity index (χ0) is 19.1. The Morgan fingerprint density at radius 1 is 1.19 bits per heavy atom. The second kappa shape index (κ2) is 9.75. The van der Waals surface area contributed by atoms with Crippen molar-refractivity contribution < 1.29 is 23.7 Å². The van der Waals surface area contributed by atoms with Gasteiger partial charge in [0.25, 0.3) is 5.22 Å². The van der Waals surface area contributed by atoms with Crippen LogP contribution < -0.4 is 9.47 Å². The van der Waals surface area contributed by atoms with Gasteiger partial charge in [0.05, 0.1) is 33.5 Å². The fourth-order valence-corrected chi connectivity index (χ4v) is 3.57. The normalized spacial score (nSPS) is 12.1. The molecule has 9 heteroatoms. The molecule has 7 nitrogen and oxygen atoms in total. The van der Waals surface area contributed by atoms with E-state index in [-0.39, 0.29) is 6.61 Å². The van der Waals surface area contributed by atoms with Gasteiger partial charge >= 0.3 is 0 Å². The van der Waals surface area contributed by atoms with Crippen LogP contribution in [-0.2, 0) is 11.3 Å². The van der Waals surface area contributed by atoms with Crippen LogP contribution in [0.5, 0.6) is 11.5 Å². The van der Waals surface area contributed by atoms with Gasteiger partial charge in [0.2, 0.25) is 5.89 Å². The number of methoxy groups -OCH3 is 2. The molecule has 0 saturated heterocycles. The van der Waals surface area contributed by atoms with Crippen molar-refractivity contribution in [3.05, 3.63) is 40.6 Å². The third-order valence-electron chi connectivity index (χ3n) is 3.57. The topological polar surface area (TPSA) is 86.8 Å². The Kier molecular flexibility index (Phi) is 7.11. The number of thioether (sulfide) groups is 1. The molecule has 0 bridgehead atoms. The molecule has 0 saturated carbocycles. The van der Waals surface area contributed by atoms with E-state index in [1.54, 1.807) is 37.7 Å². The fourth-order valence-electron chi connectivity index (χ4n) is 2.26. The minimum Gasteiger partial charge on any atom is -0.493 e. The number of aliphatic hydroxyl groups is 1. The molecule has 0 radical (unpaired) electrons. The minimum atomic E-state index is -0.619. The SMILES string of the molecule is COc1ccc(-c2nnc(SC[C@@H](O)COCc3cccs3)o2)cc1OC. The number of hydrogen-bond donors (Lipinski definition) is 1. The van der Waals surface area contributed by atoms with Crippen LogP contribution >= 0.6 is 23.1 Å². The van der Waals surface area contributed by atoms with Crippen molar-refractivity contribution in [1.29, 1.82) is 0 Å². The van der Waals surface area contributed by atoms with Gasteiger partial charge in [0.15, 0.2) is 11.5 Å². The molecule has 2 aromatic heterocycles. The first kappa shape index (κ1) is 19.7. The monoisotopic (exact) mass is 408 g/mol. The van der Waals surface area contributed by atoms with Crippen molar-refractivity contribution in [3.63, 3.8) is 0 Å². The van der Waals surface area contributed by atoms with Gasteiger partial charge in [-0.1, -0.05) is 17.8 Å². The van der Waals surface area contributed by atoms with E-state index in [1.807, 2.05) is 23.6 Å². The van der Waals surface area contributed by atoms with Gasteiger partial charge in [-0.05, 0) is 29.6 Å². The largest absolute Gasteiger partial charge is 0.493 e. The molecule has 3 aromatic rings. The predicted molar refractivity (Wildman–Crippen MR) is 104 cm³/mol.